The second-order valence-electron chi connectivity index (χ2n) is 8.03. The van der Waals surface area contributed by atoms with Crippen molar-refractivity contribution in [1.29, 1.82) is 0 Å². The van der Waals surface area contributed by atoms with E-state index >= 15 is 0 Å². The minimum atomic E-state index is -4.35. The number of nitrogens with zero attached hydrogens (tertiary/aromatic N) is 2. The van der Waals surface area contributed by atoms with E-state index in [-0.39, 0.29) is 28.9 Å². The molecule has 0 radical (unpaired) electrons. The maximum absolute atomic E-state index is 13.2. The van der Waals surface area contributed by atoms with Gasteiger partial charge < -0.3 is 14.4 Å². The Morgan fingerprint density at radius 2 is 2.03 bits per heavy atom. The van der Waals surface area contributed by atoms with Crippen molar-refractivity contribution in [3.63, 3.8) is 0 Å². The van der Waals surface area contributed by atoms with E-state index in [4.69, 9.17) is 21.1 Å². The Morgan fingerprint density at radius 1 is 1.28 bits per heavy atom. The molecule has 2 heterocycles. The van der Waals surface area contributed by atoms with Crippen LogP contribution in [0.5, 0.6) is 11.6 Å². The molecule has 1 aliphatic carbocycles. The highest BCUT2D eigenvalue weighted by atomic mass is 35.5. The summed E-state index contributed by atoms with van der Waals surface area (Å²) in [5.74, 6) is -0.672. The number of pyridine rings is 1. The van der Waals surface area contributed by atoms with Gasteiger partial charge in [0.1, 0.15) is 10.8 Å². The molecule has 10 heteroatoms. The number of aromatic nitrogens is 1. The van der Waals surface area contributed by atoms with Crippen LogP contribution in [0.15, 0.2) is 83.3 Å². The minimum absolute atomic E-state index is 0.0255. The van der Waals surface area contributed by atoms with E-state index in [2.05, 4.69) is 10.7 Å². The SMILES string of the molecule is CC(c1cnc(OCCC(F)(F)F)c(Cl)c1)N1CC2=C(C=C=CC=C2C(=O)Oc2ccccc2)C1=O. The highest BCUT2D eigenvalue weighted by Crippen LogP contribution is 2.35. The standard InChI is InChI=1S/C26H20ClF3N2O4/c1-16(17-13-22(27)23(31-14-17)35-12-11-26(28,29)30)32-15-21-19(24(32)33)9-5-6-10-20(21)25(34)36-18-7-3-2-4-8-18/h2-4,6-10,13-14,16H,11-12,15H2,1H3. The Balaban J connectivity index is 1.50. The number of ether oxygens (including phenoxy) is 2. The van der Waals surface area contributed by atoms with E-state index in [9.17, 15) is 22.8 Å². The molecule has 0 N–H and O–H groups in total. The molecular weight excluding hydrogens is 497 g/mol. The molecular formula is C26H20ClF3N2O4. The number of halogens is 4. The second kappa shape index (κ2) is 10.4. The summed E-state index contributed by atoms with van der Waals surface area (Å²) in [6.07, 6.45) is 0.526. The number of allylic oxidation sites excluding steroid dienone is 1. The Hall–Kier alpha value is -3.81. The highest BCUT2D eigenvalue weighted by Gasteiger charge is 2.37. The van der Waals surface area contributed by atoms with Gasteiger partial charge in [0.25, 0.3) is 5.91 Å². The summed E-state index contributed by atoms with van der Waals surface area (Å²) in [6, 6.07) is 9.57. The Morgan fingerprint density at radius 3 is 2.72 bits per heavy atom. The molecule has 2 aromatic rings. The number of alkyl halides is 3. The number of hydrogen-bond acceptors (Lipinski definition) is 5. The lowest BCUT2D eigenvalue weighted by Gasteiger charge is -2.26. The fourth-order valence-electron chi connectivity index (χ4n) is 3.73. The van der Waals surface area contributed by atoms with Crippen LogP contribution < -0.4 is 9.47 Å². The van der Waals surface area contributed by atoms with Gasteiger partial charge in [-0.05, 0) is 54.5 Å². The molecule has 2 aliphatic rings. The van der Waals surface area contributed by atoms with E-state index in [1.165, 1.54) is 23.2 Å². The Kier molecular flexibility index (Phi) is 7.33. The first-order valence-corrected chi connectivity index (χ1v) is 11.3. The largest absolute Gasteiger partial charge is 0.476 e. The second-order valence-corrected chi connectivity index (χ2v) is 8.44. The van der Waals surface area contributed by atoms with E-state index in [0.29, 0.717) is 22.5 Å². The molecule has 0 saturated carbocycles. The highest BCUT2D eigenvalue weighted by molar-refractivity contribution is 6.31. The van der Waals surface area contributed by atoms with Gasteiger partial charge in [0.2, 0.25) is 5.88 Å². The molecule has 186 valence electrons. The first-order valence-electron chi connectivity index (χ1n) is 10.9. The average molecular weight is 517 g/mol. The van der Waals surface area contributed by atoms with Crippen LogP contribution in [0.2, 0.25) is 5.02 Å². The molecule has 0 spiro atoms. The van der Waals surface area contributed by atoms with Crippen molar-refractivity contribution in [3.05, 3.63) is 93.9 Å². The van der Waals surface area contributed by atoms with E-state index in [1.807, 2.05) is 0 Å². The quantitative estimate of drug-likeness (QED) is 0.275. The molecule has 0 bridgehead atoms. The van der Waals surface area contributed by atoms with Gasteiger partial charge >= 0.3 is 12.1 Å². The molecule has 1 atom stereocenters. The van der Waals surface area contributed by atoms with Gasteiger partial charge in [-0.15, -0.1) is 5.73 Å². The lowest BCUT2D eigenvalue weighted by Crippen LogP contribution is -2.30. The third kappa shape index (κ3) is 5.70. The summed E-state index contributed by atoms with van der Waals surface area (Å²) in [4.78, 5) is 31.7. The summed E-state index contributed by atoms with van der Waals surface area (Å²) >= 11 is 6.18. The fourth-order valence-corrected chi connectivity index (χ4v) is 3.96. The van der Waals surface area contributed by atoms with Gasteiger partial charge in [-0.2, -0.15) is 13.2 Å². The van der Waals surface area contributed by atoms with Gasteiger partial charge in [-0.1, -0.05) is 29.8 Å². The summed E-state index contributed by atoms with van der Waals surface area (Å²) in [6.45, 7) is 1.27. The van der Waals surface area contributed by atoms with Gasteiger partial charge in [-0.25, -0.2) is 9.78 Å². The molecule has 1 unspecified atom stereocenters. The predicted octanol–water partition coefficient (Wildman–Crippen LogP) is 5.52. The third-order valence-electron chi connectivity index (χ3n) is 5.62. The van der Waals surface area contributed by atoms with E-state index in [0.717, 1.165) is 0 Å². The zero-order valence-electron chi connectivity index (χ0n) is 19.0. The molecule has 4 rings (SSSR count). The van der Waals surface area contributed by atoms with Crippen LogP contribution in [0.3, 0.4) is 0 Å². The van der Waals surface area contributed by atoms with Crippen molar-refractivity contribution in [2.45, 2.75) is 25.6 Å². The molecule has 36 heavy (non-hydrogen) atoms. The molecule has 1 aromatic heterocycles. The fraction of sp³-hybridized carbons (Fsp3) is 0.231. The predicted molar refractivity (Wildman–Crippen MR) is 125 cm³/mol. The van der Waals surface area contributed by atoms with Crippen LogP contribution in [-0.4, -0.2) is 41.1 Å². The first kappa shape index (κ1) is 25.3. The van der Waals surface area contributed by atoms with Crippen LogP contribution >= 0.6 is 11.6 Å². The molecule has 1 aromatic carbocycles. The summed E-state index contributed by atoms with van der Waals surface area (Å²) in [5.41, 5.74) is 4.48. The summed E-state index contributed by atoms with van der Waals surface area (Å²) < 4.78 is 47.6. The summed E-state index contributed by atoms with van der Waals surface area (Å²) in [7, 11) is 0. The van der Waals surface area contributed by atoms with Crippen LogP contribution in [0.1, 0.15) is 24.9 Å². The maximum Gasteiger partial charge on any atom is 0.392 e. The van der Waals surface area contributed by atoms with Crippen LogP contribution in [-0.2, 0) is 9.59 Å². The number of carbonyl (C=O) groups excluding carboxylic acids is 2. The van der Waals surface area contributed by atoms with Crippen molar-refractivity contribution >= 4 is 23.5 Å². The zero-order chi connectivity index (χ0) is 25.9. The van der Waals surface area contributed by atoms with E-state index in [1.54, 1.807) is 49.4 Å². The number of carbonyl (C=O) groups is 2. The number of para-hydroxylation sites is 1. The van der Waals surface area contributed by atoms with Crippen molar-refractivity contribution in [1.82, 2.24) is 9.88 Å². The van der Waals surface area contributed by atoms with Gasteiger partial charge in [0.05, 0.1) is 30.2 Å². The number of amides is 1. The van der Waals surface area contributed by atoms with Gasteiger partial charge in [0, 0.05) is 12.7 Å². The molecule has 1 aliphatic heterocycles. The number of hydrogen-bond donors (Lipinski definition) is 0. The van der Waals surface area contributed by atoms with Crippen LogP contribution in [0.25, 0.3) is 0 Å². The molecule has 0 fully saturated rings. The van der Waals surface area contributed by atoms with Crippen molar-refractivity contribution in [2.75, 3.05) is 13.2 Å². The maximum atomic E-state index is 13.2. The van der Waals surface area contributed by atoms with Gasteiger partial charge in [0.15, 0.2) is 0 Å². The molecule has 6 nitrogen and oxygen atoms in total. The van der Waals surface area contributed by atoms with Gasteiger partial charge in [-0.3, -0.25) is 4.79 Å². The normalized spacial score (nSPS) is 16.0. The average Bonchev–Trinajstić information content (AvgIpc) is 3.00. The van der Waals surface area contributed by atoms with E-state index < -0.39 is 31.2 Å². The molecule has 0 saturated heterocycles. The first-order chi connectivity index (χ1) is 17.1. The Labute approximate surface area is 210 Å². The topological polar surface area (TPSA) is 68.7 Å². The lowest BCUT2D eigenvalue weighted by molar-refractivity contribution is -0.139. The Bertz CT molecular complexity index is 1310. The minimum Gasteiger partial charge on any atom is -0.476 e. The summed E-state index contributed by atoms with van der Waals surface area (Å²) in [5, 5.41) is 0.0255. The van der Waals surface area contributed by atoms with Crippen LogP contribution in [0.4, 0.5) is 13.2 Å². The van der Waals surface area contributed by atoms with Crippen molar-refractivity contribution < 1.29 is 32.2 Å². The zero-order valence-corrected chi connectivity index (χ0v) is 19.8. The smallest absolute Gasteiger partial charge is 0.392 e. The van der Waals surface area contributed by atoms with Crippen molar-refractivity contribution in [3.8, 4) is 11.6 Å². The number of esters is 1. The van der Waals surface area contributed by atoms with Crippen molar-refractivity contribution in [2.24, 2.45) is 0 Å². The monoisotopic (exact) mass is 516 g/mol. The number of rotatable bonds is 7. The molecule has 1 amide bonds. The lowest BCUT2D eigenvalue weighted by atomic mass is 10.0. The number of benzene rings is 1. The third-order valence-corrected chi connectivity index (χ3v) is 5.89. The van der Waals surface area contributed by atoms with Crippen LogP contribution in [0, 0.1) is 0 Å².